The standard InChI is InChI=1S/C18H26F2N4O4/c1-3-23(4-2)14(10-21)17(26)22-13-6-5-12(9-15(13)28-18(19)20)24-7-8-27-11-16(24)25/h5-6,9,14,18H,3-4,7-8,10-11,21H2,1-2H3,(H,22,26)/t14-/m1/s1. The van der Waals surface area contributed by atoms with E-state index in [-0.39, 0.29) is 30.5 Å². The second kappa shape index (κ2) is 10.3. The molecule has 0 radical (unpaired) electrons. The molecule has 2 rings (SSSR count). The SMILES string of the molecule is CCN(CC)[C@H](CN)C(=O)Nc1ccc(N2CCOCC2=O)cc1OC(F)F. The minimum atomic E-state index is -3.08. The monoisotopic (exact) mass is 400 g/mol. The largest absolute Gasteiger partial charge is 0.433 e. The Kier molecular flexibility index (Phi) is 8.09. The van der Waals surface area contributed by atoms with E-state index in [1.165, 1.54) is 17.0 Å². The lowest BCUT2D eigenvalue weighted by atomic mass is 10.2. The number of nitrogens with one attached hydrogen (secondary N) is 1. The van der Waals surface area contributed by atoms with Crippen LogP contribution in [0, 0.1) is 0 Å². The highest BCUT2D eigenvalue weighted by molar-refractivity contribution is 5.98. The van der Waals surface area contributed by atoms with Crippen LogP contribution in [0.15, 0.2) is 18.2 Å². The van der Waals surface area contributed by atoms with Gasteiger partial charge in [0, 0.05) is 24.8 Å². The van der Waals surface area contributed by atoms with Crippen LogP contribution >= 0.6 is 0 Å². The Labute approximate surface area is 162 Å². The number of anilines is 2. The first-order valence-corrected chi connectivity index (χ1v) is 9.13. The fraction of sp³-hybridized carbons (Fsp3) is 0.556. The van der Waals surface area contributed by atoms with Crippen LogP contribution in [-0.4, -0.2) is 68.8 Å². The summed E-state index contributed by atoms with van der Waals surface area (Å²) in [4.78, 5) is 27.9. The Morgan fingerprint density at radius 1 is 1.39 bits per heavy atom. The number of morpholine rings is 1. The highest BCUT2D eigenvalue weighted by Gasteiger charge is 2.25. The molecule has 1 heterocycles. The summed E-state index contributed by atoms with van der Waals surface area (Å²) in [5.74, 6) is -0.924. The number of alkyl halides is 2. The van der Waals surface area contributed by atoms with Crippen molar-refractivity contribution in [3.8, 4) is 5.75 Å². The Morgan fingerprint density at radius 2 is 2.11 bits per heavy atom. The van der Waals surface area contributed by atoms with Crippen molar-refractivity contribution in [3.05, 3.63) is 18.2 Å². The molecular weight excluding hydrogens is 374 g/mol. The number of carbonyl (C=O) groups excluding carboxylic acids is 2. The predicted octanol–water partition coefficient (Wildman–Crippen LogP) is 1.26. The van der Waals surface area contributed by atoms with Gasteiger partial charge in [-0.05, 0) is 25.2 Å². The third-order valence-electron chi connectivity index (χ3n) is 4.52. The molecule has 1 aromatic carbocycles. The molecule has 10 heteroatoms. The third-order valence-corrected chi connectivity index (χ3v) is 4.52. The lowest BCUT2D eigenvalue weighted by Gasteiger charge is -2.29. The van der Waals surface area contributed by atoms with Gasteiger partial charge in [0.25, 0.3) is 5.91 Å². The van der Waals surface area contributed by atoms with Crippen LogP contribution in [0.3, 0.4) is 0 Å². The van der Waals surface area contributed by atoms with Crippen LogP contribution in [0.25, 0.3) is 0 Å². The summed E-state index contributed by atoms with van der Waals surface area (Å²) >= 11 is 0. The molecule has 8 nitrogen and oxygen atoms in total. The van der Waals surface area contributed by atoms with Gasteiger partial charge in [-0.3, -0.25) is 14.5 Å². The van der Waals surface area contributed by atoms with E-state index in [1.54, 1.807) is 6.07 Å². The van der Waals surface area contributed by atoms with E-state index >= 15 is 0 Å². The van der Waals surface area contributed by atoms with Crippen molar-refractivity contribution in [2.24, 2.45) is 5.73 Å². The summed E-state index contributed by atoms with van der Waals surface area (Å²) < 4.78 is 35.4. The van der Waals surface area contributed by atoms with Gasteiger partial charge in [-0.2, -0.15) is 8.78 Å². The van der Waals surface area contributed by atoms with Gasteiger partial charge >= 0.3 is 6.61 Å². The first kappa shape index (κ1) is 22.0. The molecule has 0 spiro atoms. The van der Waals surface area contributed by atoms with E-state index in [1.807, 2.05) is 18.7 Å². The second-order valence-electron chi connectivity index (χ2n) is 6.12. The average Bonchev–Trinajstić information content (AvgIpc) is 2.67. The number of likely N-dealkylation sites (N-methyl/N-ethyl adjacent to an activating group) is 1. The number of hydrogen-bond acceptors (Lipinski definition) is 6. The number of nitrogens with two attached hydrogens (primary N) is 1. The molecular formula is C18H26F2N4O4. The molecule has 1 saturated heterocycles. The van der Waals surface area contributed by atoms with Crippen molar-refractivity contribution in [1.29, 1.82) is 0 Å². The van der Waals surface area contributed by atoms with Crippen LogP contribution in [0.1, 0.15) is 13.8 Å². The van der Waals surface area contributed by atoms with Crippen molar-refractivity contribution in [2.75, 3.05) is 49.6 Å². The van der Waals surface area contributed by atoms with Gasteiger partial charge in [0.1, 0.15) is 12.6 Å². The molecule has 0 aromatic heterocycles. The number of nitrogens with zero attached hydrogens (tertiary/aromatic N) is 2. The van der Waals surface area contributed by atoms with Crippen LogP contribution in [-0.2, 0) is 14.3 Å². The number of ether oxygens (including phenoxy) is 2. The van der Waals surface area contributed by atoms with Crippen LogP contribution in [0.2, 0.25) is 0 Å². The average molecular weight is 400 g/mol. The molecule has 0 bridgehead atoms. The molecule has 2 amide bonds. The summed E-state index contributed by atoms with van der Waals surface area (Å²) in [5.41, 5.74) is 6.20. The number of hydrogen-bond donors (Lipinski definition) is 2. The number of benzene rings is 1. The summed E-state index contributed by atoms with van der Waals surface area (Å²) in [6.07, 6.45) is 0. The summed E-state index contributed by atoms with van der Waals surface area (Å²) in [6.45, 7) is 2.60. The molecule has 3 N–H and O–H groups in total. The zero-order chi connectivity index (χ0) is 20.7. The zero-order valence-corrected chi connectivity index (χ0v) is 16.0. The van der Waals surface area contributed by atoms with Crippen molar-refractivity contribution in [1.82, 2.24) is 4.90 Å². The Hall–Kier alpha value is -2.30. The van der Waals surface area contributed by atoms with Crippen LogP contribution in [0.5, 0.6) is 5.75 Å². The molecule has 1 aromatic rings. The minimum Gasteiger partial charge on any atom is -0.433 e. The Morgan fingerprint density at radius 3 is 2.68 bits per heavy atom. The van der Waals surface area contributed by atoms with Crippen molar-refractivity contribution in [2.45, 2.75) is 26.5 Å². The lowest BCUT2D eigenvalue weighted by molar-refractivity contribution is -0.125. The van der Waals surface area contributed by atoms with Gasteiger partial charge < -0.3 is 25.4 Å². The fourth-order valence-electron chi connectivity index (χ4n) is 3.07. The Balaban J connectivity index is 2.27. The van der Waals surface area contributed by atoms with Gasteiger partial charge in [-0.1, -0.05) is 13.8 Å². The smallest absolute Gasteiger partial charge is 0.387 e. The van der Waals surface area contributed by atoms with Crippen LogP contribution < -0.4 is 20.7 Å². The number of carbonyl (C=O) groups is 2. The molecule has 0 saturated carbocycles. The zero-order valence-electron chi connectivity index (χ0n) is 16.0. The van der Waals surface area contributed by atoms with Crippen molar-refractivity contribution < 1.29 is 27.8 Å². The van der Waals surface area contributed by atoms with E-state index in [4.69, 9.17) is 10.5 Å². The molecule has 0 aliphatic carbocycles. The number of rotatable bonds is 9. The van der Waals surface area contributed by atoms with E-state index < -0.39 is 18.6 Å². The van der Waals surface area contributed by atoms with Gasteiger partial charge in [0.2, 0.25) is 5.91 Å². The van der Waals surface area contributed by atoms with Gasteiger partial charge in [0.05, 0.1) is 12.3 Å². The maximum atomic E-state index is 12.9. The minimum absolute atomic E-state index is 0.0778. The second-order valence-corrected chi connectivity index (χ2v) is 6.12. The summed E-state index contributed by atoms with van der Waals surface area (Å²) in [7, 11) is 0. The first-order chi connectivity index (χ1) is 13.4. The number of halogens is 2. The maximum Gasteiger partial charge on any atom is 0.387 e. The molecule has 0 unspecified atom stereocenters. The molecule has 1 atom stereocenters. The van der Waals surface area contributed by atoms with Gasteiger partial charge in [-0.25, -0.2) is 0 Å². The topological polar surface area (TPSA) is 97.1 Å². The molecule has 1 aliphatic rings. The van der Waals surface area contributed by atoms with Crippen LogP contribution in [0.4, 0.5) is 20.2 Å². The number of amides is 2. The van der Waals surface area contributed by atoms with Gasteiger partial charge in [-0.15, -0.1) is 0 Å². The lowest BCUT2D eigenvalue weighted by Crippen LogP contribution is -2.48. The highest BCUT2D eigenvalue weighted by atomic mass is 19.3. The maximum absolute atomic E-state index is 12.9. The first-order valence-electron chi connectivity index (χ1n) is 9.13. The summed E-state index contributed by atoms with van der Waals surface area (Å²) in [6, 6.07) is 3.70. The Bertz CT molecular complexity index is 686. The quantitative estimate of drug-likeness (QED) is 0.648. The third kappa shape index (κ3) is 5.37. The fourth-order valence-corrected chi connectivity index (χ4v) is 3.07. The van der Waals surface area contributed by atoms with E-state index in [0.29, 0.717) is 31.9 Å². The molecule has 1 aliphatic heterocycles. The molecule has 28 heavy (non-hydrogen) atoms. The molecule has 1 fully saturated rings. The van der Waals surface area contributed by atoms with E-state index in [9.17, 15) is 18.4 Å². The van der Waals surface area contributed by atoms with Crippen molar-refractivity contribution in [3.63, 3.8) is 0 Å². The van der Waals surface area contributed by atoms with E-state index in [0.717, 1.165) is 0 Å². The van der Waals surface area contributed by atoms with Gasteiger partial charge in [0.15, 0.2) is 5.75 Å². The molecule has 156 valence electrons. The van der Waals surface area contributed by atoms with E-state index in [2.05, 4.69) is 10.1 Å². The normalized spacial score (nSPS) is 15.8. The predicted molar refractivity (Wildman–Crippen MR) is 101 cm³/mol. The summed E-state index contributed by atoms with van der Waals surface area (Å²) in [5, 5.41) is 2.61. The van der Waals surface area contributed by atoms with Crippen molar-refractivity contribution >= 4 is 23.2 Å². The highest BCUT2D eigenvalue weighted by Crippen LogP contribution is 2.32.